The average Bonchev–Trinajstić information content (AvgIpc) is 3.38. The molecule has 0 saturated carbocycles. The van der Waals surface area contributed by atoms with E-state index in [0.717, 1.165) is 29.9 Å². The van der Waals surface area contributed by atoms with Gasteiger partial charge in [0.1, 0.15) is 5.82 Å². The van der Waals surface area contributed by atoms with Crippen LogP contribution in [0.4, 0.5) is 5.13 Å². The van der Waals surface area contributed by atoms with E-state index in [2.05, 4.69) is 15.3 Å². The molecule has 1 amide bonds. The van der Waals surface area contributed by atoms with Gasteiger partial charge < -0.3 is 0 Å². The Balaban J connectivity index is 1.43. The van der Waals surface area contributed by atoms with Crippen LogP contribution >= 0.6 is 11.3 Å². The first-order chi connectivity index (χ1) is 13.7. The van der Waals surface area contributed by atoms with Crippen LogP contribution in [-0.2, 0) is 13.0 Å². The van der Waals surface area contributed by atoms with E-state index in [-0.39, 0.29) is 11.5 Å². The molecule has 0 unspecified atom stereocenters. The van der Waals surface area contributed by atoms with Crippen molar-refractivity contribution in [1.29, 1.82) is 0 Å². The van der Waals surface area contributed by atoms with Gasteiger partial charge in [-0.15, -0.1) is 11.3 Å². The molecule has 0 aliphatic carbocycles. The molecule has 138 valence electrons. The van der Waals surface area contributed by atoms with Crippen LogP contribution in [0, 0.1) is 0 Å². The predicted molar refractivity (Wildman–Crippen MR) is 110 cm³/mol. The third kappa shape index (κ3) is 2.90. The number of nitrogens with zero attached hydrogens (tertiary/aromatic N) is 3. The zero-order chi connectivity index (χ0) is 19.1. The van der Waals surface area contributed by atoms with Crippen molar-refractivity contribution >= 4 is 33.3 Å². The Hall–Kier alpha value is -3.32. The van der Waals surface area contributed by atoms with Crippen LogP contribution in [-0.4, -0.2) is 20.4 Å². The van der Waals surface area contributed by atoms with Crippen molar-refractivity contribution in [3.63, 3.8) is 0 Å². The van der Waals surface area contributed by atoms with E-state index in [1.807, 2.05) is 35.7 Å². The summed E-state index contributed by atoms with van der Waals surface area (Å²) >= 11 is 1.38. The molecule has 0 atom stereocenters. The number of benzene rings is 2. The normalized spacial score (nSPS) is 12.9. The van der Waals surface area contributed by atoms with Gasteiger partial charge in [-0.3, -0.25) is 19.5 Å². The lowest BCUT2D eigenvalue weighted by Gasteiger charge is -2.07. The van der Waals surface area contributed by atoms with Gasteiger partial charge in [0.15, 0.2) is 5.13 Å². The molecule has 6 nitrogen and oxygen atoms in total. The second-order valence-corrected chi connectivity index (χ2v) is 7.54. The maximum Gasteiger partial charge on any atom is 0.261 e. The molecular formula is C21H16N4O2S. The first kappa shape index (κ1) is 16.8. The molecule has 0 fully saturated rings. The number of anilines is 1. The molecule has 4 aromatic rings. The first-order valence-electron chi connectivity index (χ1n) is 9.05. The minimum atomic E-state index is -0.265. The largest absolute Gasteiger partial charge is 0.298 e. The molecule has 7 heteroatoms. The van der Waals surface area contributed by atoms with Crippen LogP contribution in [0.1, 0.15) is 22.6 Å². The van der Waals surface area contributed by atoms with Crippen LogP contribution in [0.5, 0.6) is 0 Å². The Kier molecular flexibility index (Phi) is 4.02. The van der Waals surface area contributed by atoms with Gasteiger partial charge in [0.2, 0.25) is 0 Å². The number of amides is 1. The summed E-state index contributed by atoms with van der Waals surface area (Å²) < 4.78 is 1.72. The number of carbonyl (C=O) groups is 1. The average molecular weight is 388 g/mol. The van der Waals surface area contributed by atoms with E-state index in [0.29, 0.717) is 28.1 Å². The lowest BCUT2D eigenvalue weighted by atomic mass is 10.1. The van der Waals surface area contributed by atoms with Crippen LogP contribution in [0.3, 0.4) is 0 Å². The SMILES string of the molecule is O=C(Nc1nc(-c2ccccc2)cs1)c1ccc2c(=O)n3c(nc2c1)CCC3. The number of hydrogen-bond acceptors (Lipinski definition) is 5. The topological polar surface area (TPSA) is 76.9 Å². The van der Waals surface area contributed by atoms with E-state index in [1.165, 1.54) is 11.3 Å². The minimum absolute atomic E-state index is 0.0307. The zero-order valence-corrected chi connectivity index (χ0v) is 15.7. The molecule has 1 N–H and O–H groups in total. The Bertz CT molecular complexity index is 1260. The van der Waals surface area contributed by atoms with Crippen molar-refractivity contribution < 1.29 is 4.79 Å². The molecule has 28 heavy (non-hydrogen) atoms. The molecule has 0 saturated heterocycles. The van der Waals surface area contributed by atoms with Crippen LogP contribution in [0.2, 0.25) is 0 Å². The van der Waals surface area contributed by atoms with Crippen molar-refractivity contribution in [2.24, 2.45) is 0 Å². The van der Waals surface area contributed by atoms with Gasteiger partial charge >= 0.3 is 0 Å². The Morgan fingerprint density at radius 3 is 2.82 bits per heavy atom. The summed E-state index contributed by atoms with van der Waals surface area (Å²) in [6, 6.07) is 14.8. The van der Waals surface area contributed by atoms with Gasteiger partial charge in [-0.25, -0.2) is 9.97 Å². The van der Waals surface area contributed by atoms with E-state index >= 15 is 0 Å². The predicted octanol–water partition coefficient (Wildman–Crippen LogP) is 3.72. The summed E-state index contributed by atoms with van der Waals surface area (Å²) in [5, 5.41) is 5.83. The fraction of sp³-hybridized carbons (Fsp3) is 0.143. The van der Waals surface area contributed by atoms with Crippen molar-refractivity contribution in [2.75, 3.05) is 5.32 Å². The quantitative estimate of drug-likeness (QED) is 0.580. The maximum absolute atomic E-state index is 12.7. The summed E-state index contributed by atoms with van der Waals surface area (Å²) in [6.07, 6.45) is 1.72. The van der Waals surface area contributed by atoms with Crippen molar-refractivity contribution in [3.8, 4) is 11.3 Å². The molecule has 1 aliphatic heterocycles. The van der Waals surface area contributed by atoms with Gasteiger partial charge in [-0.05, 0) is 24.6 Å². The molecule has 2 aromatic carbocycles. The fourth-order valence-corrected chi connectivity index (χ4v) is 4.18. The second kappa shape index (κ2) is 6.69. The molecule has 0 spiro atoms. The molecule has 3 heterocycles. The third-order valence-corrected chi connectivity index (χ3v) is 5.63. The highest BCUT2D eigenvalue weighted by Crippen LogP contribution is 2.25. The highest BCUT2D eigenvalue weighted by molar-refractivity contribution is 7.14. The van der Waals surface area contributed by atoms with E-state index in [4.69, 9.17) is 0 Å². The van der Waals surface area contributed by atoms with Crippen molar-refractivity contribution in [3.05, 3.63) is 75.7 Å². The molecule has 2 aromatic heterocycles. The van der Waals surface area contributed by atoms with E-state index in [9.17, 15) is 9.59 Å². The molecule has 5 rings (SSSR count). The summed E-state index contributed by atoms with van der Waals surface area (Å²) in [6.45, 7) is 0.715. The van der Waals surface area contributed by atoms with Gasteiger partial charge in [-0.1, -0.05) is 30.3 Å². The van der Waals surface area contributed by atoms with Gasteiger partial charge in [0.05, 0.1) is 16.6 Å². The second-order valence-electron chi connectivity index (χ2n) is 6.68. The first-order valence-corrected chi connectivity index (χ1v) is 9.93. The molecule has 0 bridgehead atoms. The Labute approximate surface area is 164 Å². The van der Waals surface area contributed by atoms with Gasteiger partial charge in [0.25, 0.3) is 11.5 Å². The van der Waals surface area contributed by atoms with Crippen LogP contribution in [0.25, 0.3) is 22.2 Å². The number of aromatic nitrogens is 3. The number of nitrogens with one attached hydrogen (secondary N) is 1. The monoisotopic (exact) mass is 388 g/mol. The molecule has 1 aliphatic rings. The highest BCUT2D eigenvalue weighted by Gasteiger charge is 2.17. The number of aryl methyl sites for hydroxylation is 1. The number of fused-ring (bicyclic) bond motifs is 2. The van der Waals surface area contributed by atoms with Gasteiger partial charge in [0, 0.05) is 29.5 Å². The summed E-state index contributed by atoms with van der Waals surface area (Å²) in [4.78, 5) is 34.3. The number of rotatable bonds is 3. The standard InChI is InChI=1S/C21H16N4O2S/c26-19(24-21-23-17(12-28-21)13-5-2-1-3-6-13)14-8-9-15-16(11-14)22-18-7-4-10-25(18)20(15)27/h1-3,5-6,8-9,11-12H,4,7,10H2,(H,23,24,26). The Morgan fingerprint density at radius 2 is 1.96 bits per heavy atom. The summed E-state index contributed by atoms with van der Waals surface area (Å²) in [5.41, 5.74) is 2.82. The number of hydrogen-bond donors (Lipinski definition) is 1. The zero-order valence-electron chi connectivity index (χ0n) is 14.9. The van der Waals surface area contributed by atoms with Gasteiger partial charge in [-0.2, -0.15) is 0 Å². The fourth-order valence-electron chi connectivity index (χ4n) is 3.47. The lowest BCUT2D eigenvalue weighted by molar-refractivity contribution is 0.102. The van der Waals surface area contributed by atoms with E-state index in [1.54, 1.807) is 22.8 Å². The highest BCUT2D eigenvalue weighted by atomic mass is 32.1. The summed E-state index contributed by atoms with van der Waals surface area (Å²) in [5.74, 6) is 0.528. The maximum atomic E-state index is 12.7. The summed E-state index contributed by atoms with van der Waals surface area (Å²) in [7, 11) is 0. The van der Waals surface area contributed by atoms with Crippen molar-refractivity contribution in [2.45, 2.75) is 19.4 Å². The van der Waals surface area contributed by atoms with Crippen LogP contribution < -0.4 is 10.9 Å². The number of thiazole rings is 1. The van der Waals surface area contributed by atoms with E-state index < -0.39 is 0 Å². The minimum Gasteiger partial charge on any atom is -0.298 e. The van der Waals surface area contributed by atoms with Crippen molar-refractivity contribution in [1.82, 2.24) is 14.5 Å². The number of carbonyl (C=O) groups excluding carboxylic acids is 1. The lowest BCUT2D eigenvalue weighted by Crippen LogP contribution is -2.21. The molecule has 0 radical (unpaired) electrons. The smallest absolute Gasteiger partial charge is 0.261 e. The van der Waals surface area contributed by atoms with Crippen LogP contribution in [0.15, 0.2) is 58.7 Å². The Morgan fingerprint density at radius 1 is 1.11 bits per heavy atom. The third-order valence-electron chi connectivity index (χ3n) is 4.87. The molecular weight excluding hydrogens is 372 g/mol.